The number of nitrogens with one attached hydrogen (secondary N) is 1. The Balaban J connectivity index is 0.00000200. The number of piperidine rings is 1. The molecule has 1 heterocycles. The number of rotatable bonds is 5. The lowest BCUT2D eigenvalue weighted by atomic mass is 9.86. The zero-order valence-electron chi connectivity index (χ0n) is 12.2. The van der Waals surface area contributed by atoms with Crippen molar-refractivity contribution in [2.45, 2.75) is 25.8 Å². The number of halogens is 1. The molecule has 3 N–H and O–H groups in total. The highest BCUT2D eigenvalue weighted by Gasteiger charge is 2.22. The van der Waals surface area contributed by atoms with Crippen molar-refractivity contribution in [2.75, 3.05) is 26.8 Å². The number of nitrogens with two attached hydrogens (primary N) is 1. The molecule has 0 aromatic heterocycles. The molecule has 0 aliphatic carbocycles. The summed E-state index contributed by atoms with van der Waals surface area (Å²) in [4.78, 5) is 0. The van der Waals surface area contributed by atoms with E-state index in [0.29, 0.717) is 12.5 Å². The predicted molar refractivity (Wildman–Crippen MR) is 83.9 cm³/mol. The summed E-state index contributed by atoms with van der Waals surface area (Å²) in [5.41, 5.74) is 7.54. The van der Waals surface area contributed by atoms with E-state index in [1.54, 1.807) is 7.11 Å². The molecule has 0 saturated carbocycles. The van der Waals surface area contributed by atoms with Crippen molar-refractivity contribution in [3.05, 3.63) is 23.8 Å². The van der Waals surface area contributed by atoms with Gasteiger partial charge in [-0.1, -0.05) is 6.07 Å². The molecule has 2 rings (SSSR count). The van der Waals surface area contributed by atoms with Gasteiger partial charge in [-0.3, -0.25) is 0 Å². The standard InChI is InChI=1S/C15H24N2O2.ClH/c1-3-19-14-10-12(4-5-13(14)18-2)15(16)11-6-8-17-9-7-11;/h4-5,10-11,15,17H,3,6-9,16H2,1-2H3;1H/t15-;/m1./s1. The summed E-state index contributed by atoms with van der Waals surface area (Å²) in [6.07, 6.45) is 2.27. The second kappa shape index (κ2) is 8.35. The molecule has 0 spiro atoms. The summed E-state index contributed by atoms with van der Waals surface area (Å²) < 4.78 is 10.9. The summed E-state index contributed by atoms with van der Waals surface area (Å²) in [5, 5.41) is 3.37. The molecule has 1 aliphatic heterocycles. The number of hydrogen-bond donors (Lipinski definition) is 2. The third-order valence-electron chi connectivity index (χ3n) is 3.76. The van der Waals surface area contributed by atoms with Crippen molar-refractivity contribution >= 4 is 12.4 Å². The Hall–Kier alpha value is -0.970. The topological polar surface area (TPSA) is 56.5 Å². The van der Waals surface area contributed by atoms with Crippen LogP contribution < -0.4 is 20.5 Å². The van der Waals surface area contributed by atoms with E-state index in [1.165, 1.54) is 0 Å². The third-order valence-corrected chi connectivity index (χ3v) is 3.76. The maximum Gasteiger partial charge on any atom is 0.161 e. The first-order valence-electron chi connectivity index (χ1n) is 7.03. The molecular weight excluding hydrogens is 276 g/mol. The zero-order chi connectivity index (χ0) is 13.7. The van der Waals surface area contributed by atoms with E-state index < -0.39 is 0 Å². The van der Waals surface area contributed by atoms with Gasteiger partial charge >= 0.3 is 0 Å². The van der Waals surface area contributed by atoms with E-state index >= 15 is 0 Å². The quantitative estimate of drug-likeness (QED) is 0.877. The Morgan fingerprint density at radius 1 is 1.30 bits per heavy atom. The van der Waals surface area contributed by atoms with Gasteiger partial charge in [0.05, 0.1) is 13.7 Å². The molecular formula is C15H25ClN2O2. The van der Waals surface area contributed by atoms with Crippen molar-refractivity contribution in [1.82, 2.24) is 5.32 Å². The van der Waals surface area contributed by atoms with Gasteiger partial charge in [0, 0.05) is 6.04 Å². The molecule has 1 aromatic rings. The van der Waals surface area contributed by atoms with Crippen LogP contribution in [0.25, 0.3) is 0 Å². The highest BCUT2D eigenvalue weighted by molar-refractivity contribution is 5.85. The van der Waals surface area contributed by atoms with Crippen molar-refractivity contribution < 1.29 is 9.47 Å². The Labute approximate surface area is 127 Å². The van der Waals surface area contributed by atoms with Gasteiger partial charge in [0.2, 0.25) is 0 Å². The Bertz CT molecular complexity index is 409. The average Bonchev–Trinajstić information content (AvgIpc) is 2.47. The van der Waals surface area contributed by atoms with Crippen LogP contribution >= 0.6 is 12.4 Å². The van der Waals surface area contributed by atoms with Crippen molar-refractivity contribution in [3.8, 4) is 11.5 Å². The van der Waals surface area contributed by atoms with Crippen LogP contribution in [-0.2, 0) is 0 Å². The molecule has 4 nitrogen and oxygen atoms in total. The van der Waals surface area contributed by atoms with E-state index in [1.807, 2.05) is 25.1 Å². The first-order valence-corrected chi connectivity index (χ1v) is 7.03. The smallest absolute Gasteiger partial charge is 0.161 e. The van der Waals surface area contributed by atoms with E-state index in [0.717, 1.165) is 43.0 Å². The van der Waals surface area contributed by atoms with Gasteiger partial charge in [0.25, 0.3) is 0 Å². The third kappa shape index (κ3) is 4.01. The Kier molecular flexibility index (Phi) is 7.13. The van der Waals surface area contributed by atoms with Crippen LogP contribution in [0.2, 0.25) is 0 Å². The SMILES string of the molecule is CCOc1cc([C@H](N)C2CCNCC2)ccc1OC.Cl. The van der Waals surface area contributed by atoms with Gasteiger partial charge in [0.1, 0.15) is 0 Å². The van der Waals surface area contributed by atoms with Gasteiger partial charge in [-0.25, -0.2) is 0 Å². The lowest BCUT2D eigenvalue weighted by molar-refractivity contribution is 0.305. The molecule has 20 heavy (non-hydrogen) atoms. The molecule has 0 radical (unpaired) electrons. The van der Waals surface area contributed by atoms with Crippen LogP contribution in [0.4, 0.5) is 0 Å². The summed E-state index contributed by atoms with van der Waals surface area (Å²) >= 11 is 0. The fourth-order valence-electron chi connectivity index (χ4n) is 2.64. The summed E-state index contributed by atoms with van der Waals surface area (Å²) in [7, 11) is 1.66. The molecule has 1 fully saturated rings. The van der Waals surface area contributed by atoms with Gasteiger partial charge in [-0.05, 0) is 56.5 Å². The van der Waals surface area contributed by atoms with E-state index in [2.05, 4.69) is 5.32 Å². The number of benzene rings is 1. The lowest BCUT2D eigenvalue weighted by Gasteiger charge is -2.28. The molecule has 5 heteroatoms. The second-order valence-electron chi connectivity index (χ2n) is 4.96. The maximum atomic E-state index is 6.40. The fraction of sp³-hybridized carbons (Fsp3) is 0.600. The highest BCUT2D eigenvalue weighted by Crippen LogP contribution is 2.33. The van der Waals surface area contributed by atoms with Crippen LogP contribution in [0.1, 0.15) is 31.4 Å². The van der Waals surface area contributed by atoms with Crippen LogP contribution in [0, 0.1) is 5.92 Å². The molecule has 1 aliphatic rings. The maximum absolute atomic E-state index is 6.40. The Morgan fingerprint density at radius 2 is 2.00 bits per heavy atom. The van der Waals surface area contributed by atoms with Gasteiger partial charge in [-0.15, -0.1) is 12.4 Å². The summed E-state index contributed by atoms with van der Waals surface area (Å²) in [5.74, 6) is 2.10. The van der Waals surface area contributed by atoms with Crippen molar-refractivity contribution in [2.24, 2.45) is 11.7 Å². The van der Waals surface area contributed by atoms with E-state index in [-0.39, 0.29) is 18.4 Å². The normalized spacial score (nSPS) is 17.1. The highest BCUT2D eigenvalue weighted by atomic mass is 35.5. The minimum Gasteiger partial charge on any atom is -0.493 e. The van der Waals surface area contributed by atoms with Gasteiger partial charge in [-0.2, -0.15) is 0 Å². The van der Waals surface area contributed by atoms with Crippen molar-refractivity contribution in [3.63, 3.8) is 0 Å². The monoisotopic (exact) mass is 300 g/mol. The number of methoxy groups -OCH3 is 1. The van der Waals surface area contributed by atoms with E-state index in [4.69, 9.17) is 15.2 Å². The summed E-state index contributed by atoms with van der Waals surface area (Å²) in [6, 6.07) is 6.09. The molecule has 0 bridgehead atoms. The van der Waals surface area contributed by atoms with Gasteiger partial charge in [0.15, 0.2) is 11.5 Å². The fourth-order valence-corrected chi connectivity index (χ4v) is 2.64. The number of hydrogen-bond acceptors (Lipinski definition) is 4. The van der Waals surface area contributed by atoms with Gasteiger partial charge < -0.3 is 20.5 Å². The molecule has 114 valence electrons. The largest absolute Gasteiger partial charge is 0.493 e. The zero-order valence-corrected chi connectivity index (χ0v) is 13.0. The van der Waals surface area contributed by atoms with Crippen LogP contribution in [0.15, 0.2) is 18.2 Å². The minimum absolute atomic E-state index is 0. The molecule has 1 saturated heterocycles. The number of ether oxygens (including phenoxy) is 2. The molecule has 0 unspecified atom stereocenters. The van der Waals surface area contributed by atoms with Crippen LogP contribution in [0.5, 0.6) is 11.5 Å². The first kappa shape index (κ1) is 17.1. The lowest BCUT2D eigenvalue weighted by Crippen LogP contribution is -2.33. The van der Waals surface area contributed by atoms with Crippen LogP contribution in [0.3, 0.4) is 0 Å². The van der Waals surface area contributed by atoms with Crippen LogP contribution in [-0.4, -0.2) is 26.8 Å². The molecule has 1 aromatic carbocycles. The Morgan fingerprint density at radius 3 is 2.60 bits per heavy atom. The summed E-state index contributed by atoms with van der Waals surface area (Å²) in [6.45, 7) is 4.72. The molecule has 0 amide bonds. The average molecular weight is 301 g/mol. The van der Waals surface area contributed by atoms with Crippen molar-refractivity contribution in [1.29, 1.82) is 0 Å². The first-order chi connectivity index (χ1) is 9.26. The minimum atomic E-state index is 0. The second-order valence-corrected chi connectivity index (χ2v) is 4.96. The molecule has 1 atom stereocenters. The predicted octanol–water partition coefficient (Wildman–Crippen LogP) is 2.52. The van der Waals surface area contributed by atoms with E-state index in [9.17, 15) is 0 Å².